The van der Waals surface area contributed by atoms with Crippen LogP contribution in [0.3, 0.4) is 0 Å². The molecular formula is C39H42Cl2I2Zr-4. The van der Waals surface area contributed by atoms with E-state index in [1.54, 1.807) is 0 Å². The van der Waals surface area contributed by atoms with Crippen LogP contribution in [0, 0.1) is 31.4 Å². The van der Waals surface area contributed by atoms with Gasteiger partial charge in [0, 0.05) is 0 Å². The molecule has 6 rings (SSSR count). The van der Waals surface area contributed by atoms with E-state index >= 15 is 0 Å². The number of fused-ring (bicyclic) bond motifs is 3. The maximum absolute atomic E-state index is 3.67. The van der Waals surface area contributed by atoms with Crippen LogP contribution in [0.4, 0.5) is 0 Å². The maximum atomic E-state index is 3.67. The first-order chi connectivity index (χ1) is 19.9. The predicted octanol–water partition coefficient (Wildman–Crippen LogP) is 12.0. The van der Waals surface area contributed by atoms with E-state index in [4.69, 9.17) is 0 Å². The molecule has 0 saturated carbocycles. The minimum atomic E-state index is 0. The summed E-state index contributed by atoms with van der Waals surface area (Å²) in [6.07, 6.45) is 11.0. The van der Waals surface area contributed by atoms with Crippen molar-refractivity contribution in [1.29, 1.82) is 0 Å². The predicted molar refractivity (Wildman–Crippen MR) is 210 cm³/mol. The van der Waals surface area contributed by atoms with Gasteiger partial charge in [-0.25, -0.2) is 12.2 Å². The molecule has 4 aromatic rings. The fourth-order valence-electron chi connectivity index (χ4n) is 4.10. The second-order valence-electron chi connectivity index (χ2n) is 11.8. The van der Waals surface area contributed by atoms with Crippen LogP contribution < -0.4 is 0 Å². The third kappa shape index (κ3) is 15.2. The van der Waals surface area contributed by atoms with Gasteiger partial charge in [-0.05, 0) is 28.4 Å². The molecule has 0 bridgehead atoms. The second-order valence-corrected chi connectivity index (χ2v) is 14.2. The van der Waals surface area contributed by atoms with Crippen LogP contribution in [0.25, 0.3) is 11.1 Å². The summed E-state index contributed by atoms with van der Waals surface area (Å²) in [4.78, 5) is 0. The van der Waals surface area contributed by atoms with E-state index in [1.165, 1.54) is 64.8 Å². The summed E-state index contributed by atoms with van der Waals surface area (Å²) in [6, 6.07) is 36.7. The number of hydrogen-bond donors (Lipinski definition) is 0. The van der Waals surface area contributed by atoms with Crippen molar-refractivity contribution in [2.24, 2.45) is 0 Å². The van der Waals surface area contributed by atoms with Crippen LogP contribution in [-0.4, -0.2) is 4.21 Å². The number of hydrogen-bond acceptors (Lipinski definition) is 0. The molecule has 0 aliphatic heterocycles. The van der Waals surface area contributed by atoms with E-state index in [1.807, 2.05) is 60.7 Å². The molecule has 0 amide bonds. The van der Waals surface area contributed by atoms with Crippen molar-refractivity contribution in [3.8, 4) is 11.1 Å². The zero-order chi connectivity index (χ0) is 31.2. The van der Waals surface area contributed by atoms with Crippen molar-refractivity contribution in [3.63, 3.8) is 0 Å². The summed E-state index contributed by atoms with van der Waals surface area (Å²) in [7, 11) is 0. The van der Waals surface area contributed by atoms with Crippen LogP contribution in [0.2, 0.25) is 0 Å². The summed E-state index contributed by atoms with van der Waals surface area (Å²) in [5.41, 5.74) is 8.70. The molecule has 4 aromatic carbocycles. The Balaban J connectivity index is 0.000000658. The molecule has 0 unspecified atom stereocenters. The van der Waals surface area contributed by atoms with E-state index in [2.05, 4.69) is 152 Å². The van der Waals surface area contributed by atoms with Gasteiger partial charge in [-0.2, -0.15) is 90.5 Å². The van der Waals surface area contributed by atoms with E-state index in [-0.39, 0.29) is 35.6 Å². The van der Waals surface area contributed by atoms with E-state index in [9.17, 15) is 0 Å². The Hall–Kier alpha value is -0.847. The Labute approximate surface area is 322 Å². The van der Waals surface area contributed by atoms with Gasteiger partial charge in [-0.15, -0.1) is 42.4 Å². The van der Waals surface area contributed by atoms with Gasteiger partial charge in [0.05, 0.1) is 0 Å². The SMILES string of the molecule is CC(C)(C)c1[c-]c2c(cc1)-c1ccc(C(C)(C)C)cc1C2.Cl.Cl.Ic1cc[c-]cc1.Ic1cc[c-]cc1.[C-]1=CC=CC1.[CH2]=[Zr]. The van der Waals surface area contributed by atoms with Crippen molar-refractivity contribution in [2.75, 3.05) is 0 Å². The zero-order valence-electron chi connectivity index (χ0n) is 26.4. The van der Waals surface area contributed by atoms with Crippen molar-refractivity contribution in [3.05, 3.63) is 151 Å². The summed E-state index contributed by atoms with van der Waals surface area (Å²) < 4.78 is 5.86. The monoisotopic (exact) mass is 924 g/mol. The van der Waals surface area contributed by atoms with Gasteiger partial charge < -0.3 is 0 Å². The minimum absolute atomic E-state index is 0. The van der Waals surface area contributed by atoms with Gasteiger partial charge in [0.25, 0.3) is 0 Å². The van der Waals surface area contributed by atoms with Crippen LogP contribution >= 0.6 is 70.0 Å². The van der Waals surface area contributed by atoms with Crippen molar-refractivity contribution < 1.29 is 24.2 Å². The molecular weight excluding hydrogens is 884 g/mol. The molecule has 44 heavy (non-hydrogen) atoms. The fraction of sp³-hybridized carbons (Fsp3) is 0.256. The first-order valence-corrected chi connectivity index (χ1v) is 17.8. The quantitative estimate of drug-likeness (QED) is 0.107. The number of benzene rings is 4. The van der Waals surface area contributed by atoms with Crippen LogP contribution in [-0.2, 0) is 41.5 Å². The molecule has 0 N–H and O–H groups in total. The van der Waals surface area contributed by atoms with Gasteiger partial charge in [-0.3, -0.25) is 6.08 Å². The third-order valence-electron chi connectivity index (χ3n) is 6.40. The Morgan fingerprint density at radius 3 is 1.59 bits per heavy atom. The fourth-order valence-corrected chi connectivity index (χ4v) is 4.82. The molecule has 0 aromatic heterocycles. The third-order valence-corrected chi connectivity index (χ3v) is 7.84. The molecule has 2 aliphatic rings. The van der Waals surface area contributed by atoms with E-state index in [0.717, 1.165) is 12.8 Å². The average molecular weight is 927 g/mol. The average Bonchev–Trinajstić information content (AvgIpc) is 3.66. The molecule has 0 atom stereocenters. The molecule has 0 fully saturated rings. The van der Waals surface area contributed by atoms with E-state index < -0.39 is 0 Å². The van der Waals surface area contributed by atoms with Gasteiger partial charge in [0.1, 0.15) is 0 Å². The van der Waals surface area contributed by atoms with Gasteiger partial charge in [0.2, 0.25) is 0 Å². The zero-order valence-corrected chi connectivity index (χ0v) is 34.8. The Bertz CT molecular complexity index is 1330. The van der Waals surface area contributed by atoms with Crippen LogP contribution in [0.15, 0.2) is 97.1 Å². The molecule has 2 aliphatic carbocycles. The van der Waals surface area contributed by atoms with Crippen LogP contribution in [0.5, 0.6) is 0 Å². The Kier molecular flexibility index (Phi) is 21.4. The van der Waals surface area contributed by atoms with Gasteiger partial charge in [0.15, 0.2) is 0 Å². The molecule has 0 saturated heterocycles. The summed E-state index contributed by atoms with van der Waals surface area (Å²) >= 11 is 5.82. The number of rotatable bonds is 0. The van der Waals surface area contributed by atoms with Crippen molar-refractivity contribution >= 4 is 74.2 Å². The molecule has 0 heterocycles. The normalized spacial score (nSPS) is 11.5. The first-order valence-electron chi connectivity index (χ1n) is 13.9. The van der Waals surface area contributed by atoms with Crippen molar-refractivity contribution in [1.82, 2.24) is 0 Å². The molecule has 5 heteroatoms. The number of halogens is 4. The van der Waals surface area contributed by atoms with Gasteiger partial charge in [-0.1, -0.05) is 118 Å². The van der Waals surface area contributed by atoms with E-state index in [0.29, 0.717) is 0 Å². The Morgan fingerprint density at radius 2 is 1.23 bits per heavy atom. The summed E-state index contributed by atoms with van der Waals surface area (Å²) in [5, 5.41) is 0. The van der Waals surface area contributed by atoms with Crippen molar-refractivity contribution in [2.45, 2.75) is 65.2 Å². The Morgan fingerprint density at radius 1 is 0.705 bits per heavy atom. The molecule has 234 valence electrons. The second kappa shape index (κ2) is 21.9. The topological polar surface area (TPSA) is 0 Å². The molecule has 0 radical (unpaired) electrons. The van der Waals surface area contributed by atoms with Gasteiger partial charge >= 0.3 is 28.4 Å². The summed E-state index contributed by atoms with van der Waals surface area (Å²) in [6.45, 7) is 13.6. The number of allylic oxidation sites excluding steroid dienone is 4. The summed E-state index contributed by atoms with van der Waals surface area (Å²) in [5.74, 6) is 0. The van der Waals surface area contributed by atoms with Crippen LogP contribution in [0.1, 0.15) is 70.2 Å². The molecule has 0 spiro atoms. The molecule has 0 nitrogen and oxygen atoms in total. The standard InChI is InChI=1S/C21H25.2C6H4I.C5H5.CH2.2ClH.Zr/c1-20(2,3)16-7-9-18-14(12-16)11-15-13-17(21(4,5)6)8-10-19(15)18;2*7-6-4-2-1-3-5-6;1-2-4-5-3-1;;;;/h7-10,12H,11H2,1-6H3;2*2-5H;1-3H,4H2;1H2;2*1H;/q4*-1;;;;. The first kappa shape index (κ1) is 43.2.